The van der Waals surface area contributed by atoms with Gasteiger partial charge in [-0.15, -0.1) is 0 Å². The molecule has 0 unspecified atom stereocenters. The zero-order valence-corrected chi connectivity index (χ0v) is 7.99. The summed E-state index contributed by atoms with van der Waals surface area (Å²) in [5.41, 5.74) is 6.40. The number of aryl methyl sites for hydroxylation is 1. The predicted octanol–water partition coefficient (Wildman–Crippen LogP) is -0.212. The van der Waals surface area contributed by atoms with Crippen LogP contribution in [-0.4, -0.2) is 34.1 Å². The number of nitrogens with one attached hydrogen (secondary N) is 1. The van der Waals surface area contributed by atoms with Crippen molar-refractivity contribution in [3.63, 3.8) is 0 Å². The SMILES string of the molecule is CN(CC(=N)N)Cc1cnn(C)c1. The van der Waals surface area contributed by atoms with Gasteiger partial charge < -0.3 is 5.73 Å². The first kappa shape index (κ1) is 9.73. The molecule has 0 radical (unpaired) electrons. The summed E-state index contributed by atoms with van der Waals surface area (Å²) >= 11 is 0. The summed E-state index contributed by atoms with van der Waals surface area (Å²) < 4.78 is 1.76. The average molecular weight is 181 g/mol. The van der Waals surface area contributed by atoms with Gasteiger partial charge in [-0.25, -0.2) is 0 Å². The third-order valence-electron chi connectivity index (χ3n) is 1.65. The average Bonchev–Trinajstić information content (AvgIpc) is 2.33. The largest absolute Gasteiger partial charge is 0.387 e. The van der Waals surface area contributed by atoms with Crippen molar-refractivity contribution in [2.45, 2.75) is 6.54 Å². The van der Waals surface area contributed by atoms with Crippen LogP contribution < -0.4 is 5.73 Å². The van der Waals surface area contributed by atoms with Gasteiger partial charge in [0.25, 0.3) is 0 Å². The highest BCUT2D eigenvalue weighted by atomic mass is 15.2. The van der Waals surface area contributed by atoms with Gasteiger partial charge in [0.2, 0.25) is 0 Å². The van der Waals surface area contributed by atoms with Gasteiger partial charge in [0.1, 0.15) is 5.84 Å². The molecule has 0 aromatic carbocycles. The molecule has 3 N–H and O–H groups in total. The van der Waals surface area contributed by atoms with E-state index < -0.39 is 0 Å². The minimum Gasteiger partial charge on any atom is -0.387 e. The van der Waals surface area contributed by atoms with E-state index in [-0.39, 0.29) is 5.84 Å². The normalized spacial score (nSPS) is 10.7. The Labute approximate surface area is 77.6 Å². The van der Waals surface area contributed by atoms with Crippen LogP contribution in [0.15, 0.2) is 12.4 Å². The topological polar surface area (TPSA) is 70.9 Å². The van der Waals surface area contributed by atoms with Crippen LogP contribution in [0.1, 0.15) is 5.56 Å². The standard InChI is InChI=1S/C8H15N5/c1-12(6-8(9)10)4-7-3-11-13(2)5-7/h3,5H,4,6H2,1-2H3,(H3,9,10). The van der Waals surface area contributed by atoms with E-state index in [4.69, 9.17) is 11.1 Å². The number of likely N-dealkylation sites (N-methyl/N-ethyl adjacent to an activating group) is 1. The third-order valence-corrected chi connectivity index (χ3v) is 1.65. The lowest BCUT2D eigenvalue weighted by Crippen LogP contribution is -2.29. The Hall–Kier alpha value is -1.36. The Bertz CT molecular complexity index is 290. The molecule has 0 atom stereocenters. The van der Waals surface area contributed by atoms with Crippen LogP contribution in [-0.2, 0) is 13.6 Å². The highest BCUT2D eigenvalue weighted by Gasteiger charge is 2.02. The molecular formula is C8H15N5. The molecule has 0 aliphatic rings. The number of nitrogens with two attached hydrogens (primary N) is 1. The quantitative estimate of drug-likeness (QED) is 0.498. The van der Waals surface area contributed by atoms with Crippen molar-refractivity contribution in [3.05, 3.63) is 18.0 Å². The first-order chi connectivity index (χ1) is 6.08. The molecule has 0 amide bonds. The number of rotatable bonds is 4. The maximum Gasteiger partial charge on any atom is 0.105 e. The van der Waals surface area contributed by atoms with Crippen molar-refractivity contribution in [1.82, 2.24) is 14.7 Å². The zero-order valence-electron chi connectivity index (χ0n) is 7.99. The number of amidine groups is 1. The molecule has 1 rings (SSSR count). The van der Waals surface area contributed by atoms with E-state index in [9.17, 15) is 0 Å². The molecule has 0 saturated heterocycles. The summed E-state index contributed by atoms with van der Waals surface area (Å²) in [6.07, 6.45) is 3.77. The minimum absolute atomic E-state index is 0.186. The molecule has 0 saturated carbocycles. The third kappa shape index (κ3) is 3.25. The molecule has 13 heavy (non-hydrogen) atoms. The van der Waals surface area contributed by atoms with Crippen LogP contribution >= 0.6 is 0 Å². The number of hydrogen-bond acceptors (Lipinski definition) is 3. The molecule has 1 aromatic heterocycles. The van der Waals surface area contributed by atoms with Crippen LogP contribution in [0, 0.1) is 5.41 Å². The summed E-state index contributed by atoms with van der Waals surface area (Å²) in [5.74, 6) is 0.186. The van der Waals surface area contributed by atoms with Gasteiger partial charge in [0, 0.05) is 25.4 Å². The van der Waals surface area contributed by atoms with Gasteiger partial charge in [-0.05, 0) is 7.05 Å². The monoisotopic (exact) mass is 181 g/mol. The van der Waals surface area contributed by atoms with E-state index >= 15 is 0 Å². The molecule has 5 heteroatoms. The summed E-state index contributed by atoms with van der Waals surface area (Å²) in [6.45, 7) is 1.27. The Balaban J connectivity index is 2.44. The van der Waals surface area contributed by atoms with E-state index in [1.54, 1.807) is 4.68 Å². The Morgan fingerprint density at radius 1 is 1.77 bits per heavy atom. The Kier molecular flexibility index (Phi) is 3.02. The molecule has 0 bridgehead atoms. The Morgan fingerprint density at radius 2 is 2.46 bits per heavy atom. The maximum atomic E-state index is 7.11. The summed E-state index contributed by atoms with van der Waals surface area (Å²) in [7, 11) is 3.81. The van der Waals surface area contributed by atoms with E-state index in [2.05, 4.69) is 5.10 Å². The highest BCUT2D eigenvalue weighted by Crippen LogP contribution is 1.99. The summed E-state index contributed by atoms with van der Waals surface area (Å²) in [5, 5.41) is 11.2. The summed E-state index contributed by atoms with van der Waals surface area (Å²) in [6, 6.07) is 0. The maximum absolute atomic E-state index is 7.11. The van der Waals surface area contributed by atoms with Crippen molar-refractivity contribution in [3.8, 4) is 0 Å². The number of nitrogens with zero attached hydrogens (tertiary/aromatic N) is 3. The fourth-order valence-electron chi connectivity index (χ4n) is 1.21. The van der Waals surface area contributed by atoms with Crippen molar-refractivity contribution < 1.29 is 0 Å². The smallest absolute Gasteiger partial charge is 0.105 e. The Morgan fingerprint density at radius 3 is 2.92 bits per heavy atom. The van der Waals surface area contributed by atoms with Gasteiger partial charge >= 0.3 is 0 Å². The van der Waals surface area contributed by atoms with Crippen molar-refractivity contribution in [2.75, 3.05) is 13.6 Å². The van der Waals surface area contributed by atoms with Gasteiger partial charge in [-0.1, -0.05) is 0 Å². The fraction of sp³-hybridized carbons (Fsp3) is 0.500. The molecule has 72 valence electrons. The predicted molar refractivity (Wildman–Crippen MR) is 51.5 cm³/mol. The molecule has 0 aliphatic carbocycles. The van der Waals surface area contributed by atoms with Crippen LogP contribution in [0.2, 0.25) is 0 Å². The van der Waals surface area contributed by atoms with Crippen LogP contribution in [0.4, 0.5) is 0 Å². The van der Waals surface area contributed by atoms with Gasteiger partial charge in [0.05, 0.1) is 12.7 Å². The lowest BCUT2D eigenvalue weighted by Gasteiger charge is -2.13. The number of hydrogen-bond donors (Lipinski definition) is 2. The second-order valence-electron chi connectivity index (χ2n) is 3.22. The number of aromatic nitrogens is 2. The molecule has 1 aromatic rings. The molecular weight excluding hydrogens is 166 g/mol. The van der Waals surface area contributed by atoms with Gasteiger partial charge in [-0.2, -0.15) is 5.10 Å². The lowest BCUT2D eigenvalue weighted by atomic mass is 10.3. The lowest BCUT2D eigenvalue weighted by molar-refractivity contribution is 0.372. The first-order valence-electron chi connectivity index (χ1n) is 4.07. The van der Waals surface area contributed by atoms with Crippen LogP contribution in [0.5, 0.6) is 0 Å². The van der Waals surface area contributed by atoms with Gasteiger partial charge in [0.15, 0.2) is 0 Å². The van der Waals surface area contributed by atoms with Crippen LogP contribution in [0.25, 0.3) is 0 Å². The minimum atomic E-state index is 0.186. The molecule has 1 heterocycles. The summed E-state index contributed by atoms with van der Waals surface area (Å²) in [4.78, 5) is 1.97. The second-order valence-corrected chi connectivity index (χ2v) is 3.22. The molecule has 5 nitrogen and oxygen atoms in total. The van der Waals surface area contributed by atoms with Crippen molar-refractivity contribution in [1.29, 1.82) is 5.41 Å². The fourth-order valence-corrected chi connectivity index (χ4v) is 1.21. The molecule has 0 spiro atoms. The van der Waals surface area contributed by atoms with Crippen molar-refractivity contribution >= 4 is 5.84 Å². The van der Waals surface area contributed by atoms with E-state index in [1.807, 2.05) is 31.4 Å². The highest BCUT2D eigenvalue weighted by molar-refractivity contribution is 5.78. The molecule has 0 aliphatic heterocycles. The first-order valence-corrected chi connectivity index (χ1v) is 4.07. The van der Waals surface area contributed by atoms with Crippen LogP contribution in [0.3, 0.4) is 0 Å². The van der Waals surface area contributed by atoms with Crippen molar-refractivity contribution in [2.24, 2.45) is 12.8 Å². The molecule has 0 fully saturated rings. The van der Waals surface area contributed by atoms with E-state index in [1.165, 1.54) is 0 Å². The zero-order chi connectivity index (χ0) is 9.84. The second kappa shape index (κ2) is 4.04. The van der Waals surface area contributed by atoms with Gasteiger partial charge in [-0.3, -0.25) is 15.0 Å². The van der Waals surface area contributed by atoms with E-state index in [0.717, 1.165) is 12.1 Å². The van der Waals surface area contributed by atoms with E-state index in [0.29, 0.717) is 6.54 Å².